The smallest absolute Gasteiger partial charge is 0.240 e. The topological polar surface area (TPSA) is 72.2 Å². The summed E-state index contributed by atoms with van der Waals surface area (Å²) in [6.45, 7) is 1.48. The van der Waals surface area contributed by atoms with Crippen molar-refractivity contribution in [3.8, 4) is 0 Å². The van der Waals surface area contributed by atoms with Gasteiger partial charge in [0.15, 0.2) is 0 Å². The molecule has 6 heteroatoms. The fourth-order valence-corrected chi connectivity index (χ4v) is 3.29. The zero-order valence-electron chi connectivity index (χ0n) is 11.6. The molecule has 3 N–H and O–H groups in total. The first-order valence-electron chi connectivity index (χ1n) is 6.47. The summed E-state index contributed by atoms with van der Waals surface area (Å²) in [4.78, 5) is -0.0669. The molecule has 0 aromatic heterocycles. The van der Waals surface area contributed by atoms with Crippen molar-refractivity contribution < 1.29 is 12.8 Å². The maximum Gasteiger partial charge on any atom is 0.240 e. The third-order valence-corrected chi connectivity index (χ3v) is 4.80. The number of sulfonamides is 1. The zero-order valence-corrected chi connectivity index (χ0v) is 12.4. The molecule has 0 aliphatic rings. The minimum Gasteiger partial charge on any atom is -0.323 e. The number of nitrogens with two attached hydrogens (primary N) is 1. The summed E-state index contributed by atoms with van der Waals surface area (Å²) < 4.78 is 40.3. The lowest BCUT2D eigenvalue weighted by atomic mass is 10.1. The normalized spacial score (nSPS) is 13.1. The Morgan fingerprint density at radius 2 is 1.81 bits per heavy atom. The molecule has 0 saturated carbocycles. The van der Waals surface area contributed by atoms with Gasteiger partial charge < -0.3 is 5.73 Å². The van der Waals surface area contributed by atoms with E-state index in [1.807, 2.05) is 30.3 Å². The SMILES string of the molecule is Cc1c(F)cccc1S(=O)(=O)NCC(N)c1ccccc1. The summed E-state index contributed by atoms with van der Waals surface area (Å²) >= 11 is 0. The van der Waals surface area contributed by atoms with Crippen LogP contribution in [0.5, 0.6) is 0 Å². The van der Waals surface area contributed by atoms with Gasteiger partial charge in [0.2, 0.25) is 10.0 Å². The monoisotopic (exact) mass is 308 g/mol. The maximum atomic E-state index is 13.5. The van der Waals surface area contributed by atoms with Crippen molar-refractivity contribution in [3.63, 3.8) is 0 Å². The van der Waals surface area contributed by atoms with E-state index in [0.29, 0.717) is 0 Å². The molecule has 112 valence electrons. The zero-order chi connectivity index (χ0) is 15.5. The highest BCUT2D eigenvalue weighted by Gasteiger charge is 2.19. The Morgan fingerprint density at radius 1 is 1.14 bits per heavy atom. The molecular formula is C15H17FN2O2S. The molecule has 0 aliphatic heterocycles. The van der Waals surface area contributed by atoms with Crippen molar-refractivity contribution in [3.05, 3.63) is 65.5 Å². The summed E-state index contributed by atoms with van der Waals surface area (Å²) in [5.74, 6) is -0.551. The molecule has 0 bridgehead atoms. The summed E-state index contributed by atoms with van der Waals surface area (Å²) in [7, 11) is -3.79. The van der Waals surface area contributed by atoms with Gasteiger partial charge in [-0.2, -0.15) is 0 Å². The third kappa shape index (κ3) is 3.66. The lowest BCUT2D eigenvalue weighted by Gasteiger charge is -2.14. The first-order valence-corrected chi connectivity index (χ1v) is 7.95. The highest BCUT2D eigenvalue weighted by molar-refractivity contribution is 7.89. The van der Waals surface area contributed by atoms with Crippen molar-refractivity contribution in [2.75, 3.05) is 6.54 Å². The number of hydrogen-bond donors (Lipinski definition) is 2. The van der Waals surface area contributed by atoms with E-state index < -0.39 is 21.9 Å². The number of benzene rings is 2. The number of hydrogen-bond acceptors (Lipinski definition) is 3. The van der Waals surface area contributed by atoms with E-state index >= 15 is 0 Å². The van der Waals surface area contributed by atoms with E-state index in [2.05, 4.69) is 4.72 Å². The van der Waals surface area contributed by atoms with Gasteiger partial charge in [-0.05, 0) is 24.6 Å². The quantitative estimate of drug-likeness (QED) is 0.888. The standard InChI is InChI=1S/C15H17FN2O2S/c1-11-13(16)8-5-9-15(11)21(19,20)18-10-14(17)12-6-3-2-4-7-12/h2-9,14,18H,10,17H2,1H3. The molecule has 1 unspecified atom stereocenters. The third-order valence-electron chi connectivity index (χ3n) is 3.23. The second kappa shape index (κ2) is 6.34. The van der Waals surface area contributed by atoms with Gasteiger partial charge in [0.05, 0.1) is 4.90 Å². The van der Waals surface area contributed by atoms with Crippen LogP contribution in [0.15, 0.2) is 53.4 Å². The van der Waals surface area contributed by atoms with Crippen LogP contribution in [-0.4, -0.2) is 15.0 Å². The van der Waals surface area contributed by atoms with E-state index in [1.165, 1.54) is 25.1 Å². The Kier molecular flexibility index (Phi) is 4.72. The second-order valence-corrected chi connectivity index (χ2v) is 6.47. The van der Waals surface area contributed by atoms with Crippen molar-refractivity contribution in [1.82, 2.24) is 4.72 Å². The first-order chi connectivity index (χ1) is 9.92. The second-order valence-electron chi connectivity index (χ2n) is 4.73. The average molecular weight is 308 g/mol. The lowest BCUT2D eigenvalue weighted by molar-refractivity contribution is 0.567. The Balaban J connectivity index is 2.14. The van der Waals surface area contributed by atoms with E-state index in [-0.39, 0.29) is 17.0 Å². The molecule has 1 atom stereocenters. The molecule has 2 aromatic rings. The molecule has 0 aliphatic carbocycles. The largest absolute Gasteiger partial charge is 0.323 e. The van der Waals surface area contributed by atoms with Crippen LogP contribution in [0.3, 0.4) is 0 Å². The van der Waals surface area contributed by atoms with Gasteiger partial charge in [-0.25, -0.2) is 17.5 Å². The number of halogens is 1. The fraction of sp³-hybridized carbons (Fsp3) is 0.200. The van der Waals surface area contributed by atoms with Gasteiger partial charge in [0, 0.05) is 18.2 Å². The molecule has 0 saturated heterocycles. The first kappa shape index (κ1) is 15.6. The van der Waals surface area contributed by atoms with E-state index in [9.17, 15) is 12.8 Å². The Hall–Kier alpha value is -1.76. The van der Waals surface area contributed by atoms with Crippen LogP contribution in [0.2, 0.25) is 0 Å². The van der Waals surface area contributed by atoms with Crippen LogP contribution < -0.4 is 10.5 Å². The van der Waals surface area contributed by atoms with Crippen LogP contribution in [0.4, 0.5) is 4.39 Å². The molecule has 0 spiro atoms. The van der Waals surface area contributed by atoms with Crippen molar-refractivity contribution >= 4 is 10.0 Å². The van der Waals surface area contributed by atoms with Crippen LogP contribution in [0.25, 0.3) is 0 Å². The summed E-state index contributed by atoms with van der Waals surface area (Å²) in [5.41, 5.74) is 6.87. The Morgan fingerprint density at radius 3 is 2.48 bits per heavy atom. The fourth-order valence-electron chi connectivity index (χ4n) is 1.97. The summed E-state index contributed by atoms with van der Waals surface area (Å²) in [6, 6.07) is 12.7. The molecule has 0 amide bonds. The number of rotatable bonds is 5. The van der Waals surface area contributed by atoms with Gasteiger partial charge in [0.25, 0.3) is 0 Å². The van der Waals surface area contributed by atoms with Crippen molar-refractivity contribution in [1.29, 1.82) is 0 Å². The van der Waals surface area contributed by atoms with Gasteiger partial charge in [-0.1, -0.05) is 36.4 Å². The van der Waals surface area contributed by atoms with Crippen LogP contribution >= 0.6 is 0 Å². The van der Waals surface area contributed by atoms with E-state index in [1.54, 1.807) is 0 Å². The molecule has 2 aromatic carbocycles. The summed E-state index contributed by atoms with van der Waals surface area (Å²) in [6.07, 6.45) is 0. The lowest BCUT2D eigenvalue weighted by Crippen LogP contribution is -2.32. The Bertz CT molecular complexity index is 718. The minimum atomic E-state index is -3.79. The molecule has 4 nitrogen and oxygen atoms in total. The Labute approximate surface area is 123 Å². The van der Waals surface area contributed by atoms with Gasteiger partial charge >= 0.3 is 0 Å². The number of nitrogens with one attached hydrogen (secondary N) is 1. The van der Waals surface area contributed by atoms with Crippen LogP contribution in [-0.2, 0) is 10.0 Å². The predicted molar refractivity (Wildman–Crippen MR) is 79.7 cm³/mol. The molecule has 2 rings (SSSR count). The van der Waals surface area contributed by atoms with Gasteiger partial charge in [0.1, 0.15) is 5.82 Å². The van der Waals surface area contributed by atoms with Gasteiger partial charge in [-0.15, -0.1) is 0 Å². The summed E-state index contributed by atoms with van der Waals surface area (Å²) in [5, 5.41) is 0. The van der Waals surface area contributed by atoms with Crippen LogP contribution in [0.1, 0.15) is 17.2 Å². The minimum absolute atomic E-state index is 0.0439. The molecule has 0 fully saturated rings. The molecular weight excluding hydrogens is 291 g/mol. The average Bonchev–Trinajstić information content (AvgIpc) is 2.48. The molecule has 0 radical (unpaired) electrons. The van der Waals surface area contributed by atoms with Crippen LogP contribution in [0, 0.1) is 12.7 Å². The van der Waals surface area contributed by atoms with Crippen molar-refractivity contribution in [2.45, 2.75) is 17.9 Å². The highest BCUT2D eigenvalue weighted by Crippen LogP contribution is 2.18. The maximum absolute atomic E-state index is 13.5. The highest BCUT2D eigenvalue weighted by atomic mass is 32.2. The van der Waals surface area contributed by atoms with E-state index in [4.69, 9.17) is 5.73 Å². The van der Waals surface area contributed by atoms with Gasteiger partial charge in [-0.3, -0.25) is 0 Å². The molecule has 0 heterocycles. The molecule has 21 heavy (non-hydrogen) atoms. The van der Waals surface area contributed by atoms with Crippen molar-refractivity contribution in [2.24, 2.45) is 5.73 Å². The predicted octanol–water partition coefficient (Wildman–Crippen LogP) is 2.11. The van der Waals surface area contributed by atoms with E-state index in [0.717, 1.165) is 5.56 Å².